The van der Waals surface area contributed by atoms with Crippen LogP contribution in [0, 0.1) is 6.92 Å². The highest BCUT2D eigenvalue weighted by Gasteiger charge is 2.14. The molecule has 5 nitrogen and oxygen atoms in total. The fourth-order valence-corrected chi connectivity index (χ4v) is 3.50. The number of carbonyl (C=O) groups is 2. The molecule has 6 heteroatoms. The highest BCUT2D eigenvalue weighted by Crippen LogP contribution is 2.30. The van der Waals surface area contributed by atoms with Crippen molar-refractivity contribution in [1.29, 1.82) is 0 Å². The normalized spacial score (nSPS) is 10.7. The quantitative estimate of drug-likeness (QED) is 0.663. The summed E-state index contributed by atoms with van der Waals surface area (Å²) in [5, 5.41) is 6.78. The van der Waals surface area contributed by atoms with E-state index in [0.29, 0.717) is 6.54 Å². The van der Waals surface area contributed by atoms with E-state index in [1.165, 1.54) is 6.92 Å². The van der Waals surface area contributed by atoms with Crippen LogP contribution in [0.3, 0.4) is 0 Å². The van der Waals surface area contributed by atoms with E-state index >= 15 is 0 Å². The van der Waals surface area contributed by atoms with Crippen molar-refractivity contribution >= 4 is 44.3 Å². The summed E-state index contributed by atoms with van der Waals surface area (Å²) in [5.41, 5.74) is 3.70. The van der Waals surface area contributed by atoms with E-state index in [4.69, 9.17) is 0 Å². The SMILES string of the molecule is CC(=O)Nc1cccc(CNC(=O)Cn2c(C)c(Br)c3ccccc32)c1. The molecule has 0 saturated carbocycles. The van der Waals surface area contributed by atoms with Gasteiger partial charge in [-0.3, -0.25) is 9.59 Å². The second-order valence-corrected chi connectivity index (χ2v) is 6.95. The zero-order valence-corrected chi connectivity index (χ0v) is 16.3. The van der Waals surface area contributed by atoms with Gasteiger partial charge in [-0.15, -0.1) is 0 Å². The van der Waals surface area contributed by atoms with Crippen LogP contribution in [0.5, 0.6) is 0 Å². The third kappa shape index (κ3) is 3.96. The predicted molar refractivity (Wildman–Crippen MR) is 107 cm³/mol. The average molecular weight is 414 g/mol. The number of hydrogen-bond donors (Lipinski definition) is 2. The molecule has 0 saturated heterocycles. The Kier molecular flexibility index (Phi) is 5.42. The minimum atomic E-state index is -0.119. The molecule has 1 aromatic heterocycles. The summed E-state index contributed by atoms with van der Waals surface area (Å²) in [6.45, 7) is 4.12. The minimum Gasteiger partial charge on any atom is -0.350 e. The molecule has 0 fully saturated rings. The number of para-hydroxylation sites is 1. The lowest BCUT2D eigenvalue weighted by Gasteiger charge is -2.10. The first kappa shape index (κ1) is 18.2. The molecule has 0 radical (unpaired) electrons. The molecule has 0 aliphatic rings. The third-order valence-corrected chi connectivity index (χ3v) is 5.19. The van der Waals surface area contributed by atoms with E-state index in [0.717, 1.165) is 32.3 Å². The molecule has 1 heterocycles. The van der Waals surface area contributed by atoms with E-state index in [2.05, 4.69) is 26.6 Å². The highest BCUT2D eigenvalue weighted by molar-refractivity contribution is 9.10. The molecular formula is C20H20BrN3O2. The van der Waals surface area contributed by atoms with Crippen molar-refractivity contribution in [2.24, 2.45) is 0 Å². The average Bonchev–Trinajstić information content (AvgIpc) is 2.85. The first-order valence-corrected chi connectivity index (χ1v) is 9.11. The van der Waals surface area contributed by atoms with Crippen LogP contribution in [0.4, 0.5) is 5.69 Å². The largest absolute Gasteiger partial charge is 0.350 e. The van der Waals surface area contributed by atoms with Gasteiger partial charge < -0.3 is 15.2 Å². The lowest BCUT2D eigenvalue weighted by Crippen LogP contribution is -2.27. The Hall–Kier alpha value is -2.60. The zero-order chi connectivity index (χ0) is 18.7. The van der Waals surface area contributed by atoms with Gasteiger partial charge in [-0.25, -0.2) is 0 Å². The van der Waals surface area contributed by atoms with Crippen LogP contribution >= 0.6 is 15.9 Å². The van der Waals surface area contributed by atoms with Crippen molar-refractivity contribution < 1.29 is 9.59 Å². The van der Waals surface area contributed by atoms with Crippen molar-refractivity contribution in [3.8, 4) is 0 Å². The number of rotatable bonds is 5. The van der Waals surface area contributed by atoms with Crippen LogP contribution in [0.2, 0.25) is 0 Å². The Morgan fingerprint density at radius 2 is 1.88 bits per heavy atom. The van der Waals surface area contributed by atoms with Crippen LogP contribution < -0.4 is 10.6 Å². The molecule has 0 spiro atoms. The summed E-state index contributed by atoms with van der Waals surface area (Å²) in [6.07, 6.45) is 0. The van der Waals surface area contributed by atoms with Gasteiger partial charge in [0.15, 0.2) is 0 Å². The molecule has 0 unspecified atom stereocenters. The van der Waals surface area contributed by atoms with Gasteiger partial charge in [-0.2, -0.15) is 0 Å². The number of hydrogen-bond acceptors (Lipinski definition) is 2. The summed E-state index contributed by atoms with van der Waals surface area (Å²) < 4.78 is 3.02. The first-order valence-electron chi connectivity index (χ1n) is 8.32. The molecule has 2 amide bonds. The van der Waals surface area contributed by atoms with Gasteiger partial charge in [-0.1, -0.05) is 30.3 Å². The van der Waals surface area contributed by atoms with Gasteiger partial charge in [0.25, 0.3) is 0 Å². The number of benzene rings is 2. The lowest BCUT2D eigenvalue weighted by atomic mass is 10.2. The van der Waals surface area contributed by atoms with Crippen LogP contribution in [0.1, 0.15) is 18.2 Å². The van der Waals surface area contributed by atoms with Crippen molar-refractivity contribution in [3.63, 3.8) is 0 Å². The number of halogens is 1. The molecule has 2 N–H and O–H groups in total. The number of nitrogens with one attached hydrogen (secondary N) is 2. The molecule has 134 valence electrons. The van der Waals surface area contributed by atoms with E-state index in [9.17, 15) is 9.59 Å². The molecule has 0 aliphatic carbocycles. The smallest absolute Gasteiger partial charge is 0.240 e. The standard InChI is InChI=1S/C20H20BrN3O2/c1-13-20(21)17-8-3-4-9-18(17)24(13)12-19(26)22-11-15-6-5-7-16(10-15)23-14(2)25/h3-10H,11-12H2,1-2H3,(H,22,26)(H,23,25). The number of fused-ring (bicyclic) bond motifs is 1. The third-order valence-electron chi connectivity index (χ3n) is 4.19. The molecule has 3 aromatic rings. The van der Waals surface area contributed by atoms with Crippen LogP contribution in [-0.2, 0) is 22.7 Å². The van der Waals surface area contributed by atoms with Crippen molar-refractivity contribution in [1.82, 2.24) is 9.88 Å². The number of aromatic nitrogens is 1. The number of amides is 2. The molecule has 0 atom stereocenters. The summed E-state index contributed by atoms with van der Waals surface area (Å²) in [6, 6.07) is 15.4. The van der Waals surface area contributed by atoms with Crippen LogP contribution in [0.25, 0.3) is 10.9 Å². The van der Waals surface area contributed by atoms with Crippen molar-refractivity contribution in [2.75, 3.05) is 5.32 Å². The monoisotopic (exact) mass is 413 g/mol. The van der Waals surface area contributed by atoms with E-state index < -0.39 is 0 Å². The number of nitrogens with zero attached hydrogens (tertiary/aromatic N) is 1. The molecule has 2 aromatic carbocycles. The van der Waals surface area contributed by atoms with E-state index in [1.54, 1.807) is 0 Å². The maximum atomic E-state index is 12.4. The molecule has 3 rings (SSSR count). The van der Waals surface area contributed by atoms with Gasteiger partial charge in [-0.05, 0) is 46.6 Å². The van der Waals surface area contributed by atoms with Gasteiger partial charge >= 0.3 is 0 Å². The van der Waals surface area contributed by atoms with E-state index in [1.807, 2.05) is 60.0 Å². The first-order chi connectivity index (χ1) is 12.5. The topological polar surface area (TPSA) is 63.1 Å². The van der Waals surface area contributed by atoms with E-state index in [-0.39, 0.29) is 18.4 Å². The second-order valence-electron chi connectivity index (χ2n) is 6.16. The Morgan fingerprint density at radius 3 is 2.65 bits per heavy atom. The molecule has 26 heavy (non-hydrogen) atoms. The van der Waals surface area contributed by atoms with Gasteiger partial charge in [0, 0.05) is 40.2 Å². The zero-order valence-electron chi connectivity index (χ0n) is 14.7. The summed E-state index contributed by atoms with van der Waals surface area (Å²) in [7, 11) is 0. The molecular weight excluding hydrogens is 394 g/mol. The van der Waals surface area contributed by atoms with Gasteiger partial charge in [0.1, 0.15) is 6.54 Å². The molecule has 0 aliphatic heterocycles. The summed E-state index contributed by atoms with van der Waals surface area (Å²) in [5.74, 6) is -0.182. The van der Waals surface area contributed by atoms with Crippen molar-refractivity contribution in [2.45, 2.75) is 26.9 Å². The maximum Gasteiger partial charge on any atom is 0.240 e. The Balaban J connectivity index is 1.69. The summed E-state index contributed by atoms with van der Waals surface area (Å²) in [4.78, 5) is 23.6. The van der Waals surface area contributed by atoms with Crippen LogP contribution in [-0.4, -0.2) is 16.4 Å². The van der Waals surface area contributed by atoms with Gasteiger partial charge in [0.2, 0.25) is 11.8 Å². The molecule has 0 bridgehead atoms. The Morgan fingerprint density at radius 1 is 1.12 bits per heavy atom. The predicted octanol–water partition coefficient (Wildman–Crippen LogP) is 3.99. The summed E-state index contributed by atoms with van der Waals surface area (Å²) >= 11 is 3.61. The Labute approximate surface area is 160 Å². The van der Waals surface area contributed by atoms with Crippen molar-refractivity contribution in [3.05, 3.63) is 64.3 Å². The van der Waals surface area contributed by atoms with Gasteiger partial charge in [0.05, 0.1) is 0 Å². The fourth-order valence-electron chi connectivity index (χ4n) is 2.95. The number of carbonyl (C=O) groups excluding carboxylic acids is 2. The fraction of sp³-hybridized carbons (Fsp3) is 0.200. The Bertz CT molecular complexity index is 978. The lowest BCUT2D eigenvalue weighted by molar-refractivity contribution is -0.121. The minimum absolute atomic E-state index is 0.0636. The van der Waals surface area contributed by atoms with Crippen LogP contribution in [0.15, 0.2) is 53.0 Å². The maximum absolute atomic E-state index is 12.4. The number of anilines is 1. The second kappa shape index (κ2) is 7.74. The highest BCUT2D eigenvalue weighted by atomic mass is 79.9.